The zero-order chi connectivity index (χ0) is 21.5. The molecule has 1 heterocycles. The topological polar surface area (TPSA) is 72.7 Å². The Hall–Kier alpha value is -2.82. The van der Waals surface area contributed by atoms with E-state index >= 15 is 0 Å². The SMILES string of the molecule is CCNC(=NCc1ccc(-n2ccnc2C)c(F)c1)Nc1ccc(OC)c(OC)c1.I. The van der Waals surface area contributed by atoms with Crippen molar-refractivity contribution in [3.8, 4) is 17.2 Å². The third kappa shape index (κ3) is 6.09. The first kappa shape index (κ1) is 24.4. The maximum absolute atomic E-state index is 14.6. The lowest BCUT2D eigenvalue weighted by molar-refractivity contribution is 0.355. The molecule has 0 saturated carbocycles. The van der Waals surface area contributed by atoms with Crippen LogP contribution in [0.5, 0.6) is 11.5 Å². The van der Waals surface area contributed by atoms with Crippen molar-refractivity contribution in [1.82, 2.24) is 14.9 Å². The highest BCUT2D eigenvalue weighted by atomic mass is 127. The summed E-state index contributed by atoms with van der Waals surface area (Å²) in [6, 6.07) is 10.6. The maximum atomic E-state index is 14.6. The maximum Gasteiger partial charge on any atom is 0.196 e. The number of halogens is 2. The first-order chi connectivity index (χ1) is 14.5. The van der Waals surface area contributed by atoms with Crippen LogP contribution in [0.4, 0.5) is 10.1 Å². The fourth-order valence-electron chi connectivity index (χ4n) is 3.00. The summed E-state index contributed by atoms with van der Waals surface area (Å²) in [7, 11) is 3.18. The number of ether oxygens (including phenoxy) is 2. The molecule has 2 aromatic carbocycles. The van der Waals surface area contributed by atoms with Gasteiger partial charge in [0.25, 0.3) is 0 Å². The Morgan fingerprint density at radius 1 is 1.13 bits per heavy atom. The molecule has 1 aromatic heterocycles. The Kier molecular flexibility index (Phi) is 9.10. The van der Waals surface area contributed by atoms with Gasteiger partial charge in [-0.2, -0.15) is 0 Å². The zero-order valence-corrected chi connectivity index (χ0v) is 20.3. The summed E-state index contributed by atoms with van der Waals surface area (Å²) in [5.41, 5.74) is 2.02. The number of aromatic nitrogens is 2. The van der Waals surface area contributed by atoms with Crippen LogP contribution in [0.3, 0.4) is 0 Å². The molecule has 0 bridgehead atoms. The number of aryl methyl sites for hydroxylation is 1. The van der Waals surface area contributed by atoms with E-state index in [1.165, 1.54) is 6.07 Å². The van der Waals surface area contributed by atoms with E-state index in [0.29, 0.717) is 36.2 Å². The molecule has 7 nitrogen and oxygen atoms in total. The number of aliphatic imine (C=N–C) groups is 1. The molecular weight excluding hydrogens is 512 g/mol. The minimum absolute atomic E-state index is 0. The lowest BCUT2D eigenvalue weighted by atomic mass is 10.2. The lowest BCUT2D eigenvalue weighted by Crippen LogP contribution is -2.30. The van der Waals surface area contributed by atoms with Gasteiger partial charge in [0.05, 0.1) is 26.5 Å². The highest BCUT2D eigenvalue weighted by Crippen LogP contribution is 2.29. The molecule has 0 unspecified atom stereocenters. The molecule has 0 aliphatic heterocycles. The van der Waals surface area contributed by atoms with Crippen molar-refractivity contribution in [2.45, 2.75) is 20.4 Å². The molecule has 9 heteroatoms. The van der Waals surface area contributed by atoms with Gasteiger partial charge in [-0.15, -0.1) is 24.0 Å². The first-order valence-corrected chi connectivity index (χ1v) is 9.61. The minimum Gasteiger partial charge on any atom is -0.493 e. The van der Waals surface area contributed by atoms with Gasteiger partial charge in [0.2, 0.25) is 0 Å². The van der Waals surface area contributed by atoms with Gasteiger partial charge in [-0.1, -0.05) is 6.07 Å². The van der Waals surface area contributed by atoms with E-state index in [-0.39, 0.29) is 29.8 Å². The minimum atomic E-state index is -0.318. The van der Waals surface area contributed by atoms with Crippen molar-refractivity contribution in [1.29, 1.82) is 0 Å². The summed E-state index contributed by atoms with van der Waals surface area (Å²) in [6.07, 6.45) is 3.39. The van der Waals surface area contributed by atoms with Gasteiger partial charge in [-0.05, 0) is 43.7 Å². The molecule has 0 amide bonds. The first-order valence-electron chi connectivity index (χ1n) is 9.61. The second-order valence-corrected chi connectivity index (χ2v) is 6.52. The molecule has 0 atom stereocenters. The van der Waals surface area contributed by atoms with Gasteiger partial charge in [0, 0.05) is 30.7 Å². The van der Waals surface area contributed by atoms with Gasteiger partial charge in [-0.3, -0.25) is 0 Å². The molecule has 3 aromatic rings. The predicted molar refractivity (Wildman–Crippen MR) is 132 cm³/mol. The molecule has 3 rings (SSSR count). The molecule has 0 aliphatic rings. The van der Waals surface area contributed by atoms with Gasteiger partial charge in [0.1, 0.15) is 11.6 Å². The second kappa shape index (κ2) is 11.5. The van der Waals surface area contributed by atoms with Crippen LogP contribution in [0.2, 0.25) is 0 Å². The van der Waals surface area contributed by atoms with E-state index in [1.54, 1.807) is 37.2 Å². The smallest absolute Gasteiger partial charge is 0.196 e. The molecule has 0 fully saturated rings. The van der Waals surface area contributed by atoms with E-state index in [0.717, 1.165) is 17.1 Å². The third-order valence-electron chi connectivity index (χ3n) is 4.51. The van der Waals surface area contributed by atoms with E-state index in [1.807, 2.05) is 38.1 Å². The quantitative estimate of drug-likeness (QED) is 0.262. The fraction of sp³-hybridized carbons (Fsp3) is 0.273. The number of anilines is 1. The van der Waals surface area contributed by atoms with E-state index < -0.39 is 0 Å². The standard InChI is InChI=1S/C22H26FN5O2.HI/c1-5-24-22(27-17-7-9-20(29-3)21(13-17)30-4)26-14-16-6-8-19(18(23)12-16)28-11-10-25-15(28)2;/h6-13H,5,14H2,1-4H3,(H2,24,26,27);1H. The van der Waals surface area contributed by atoms with Gasteiger partial charge in [-0.25, -0.2) is 14.4 Å². The molecule has 166 valence electrons. The molecule has 0 radical (unpaired) electrons. The van der Waals surface area contributed by atoms with Crippen LogP contribution >= 0.6 is 24.0 Å². The Balaban J connectivity index is 0.00000341. The van der Waals surface area contributed by atoms with Gasteiger partial charge >= 0.3 is 0 Å². The van der Waals surface area contributed by atoms with Gasteiger partial charge < -0.3 is 24.7 Å². The van der Waals surface area contributed by atoms with Crippen LogP contribution in [-0.2, 0) is 6.54 Å². The predicted octanol–water partition coefficient (Wildman–Crippen LogP) is 4.53. The van der Waals surface area contributed by atoms with Crippen molar-refractivity contribution < 1.29 is 13.9 Å². The van der Waals surface area contributed by atoms with E-state index in [2.05, 4.69) is 20.6 Å². The van der Waals surface area contributed by atoms with Crippen LogP contribution in [0.1, 0.15) is 18.3 Å². The van der Waals surface area contributed by atoms with E-state index in [9.17, 15) is 4.39 Å². The molecule has 0 aliphatic carbocycles. The number of benzene rings is 2. The number of imidazole rings is 1. The second-order valence-electron chi connectivity index (χ2n) is 6.52. The summed E-state index contributed by atoms with van der Waals surface area (Å²) in [4.78, 5) is 8.71. The van der Waals surface area contributed by atoms with Gasteiger partial charge in [0.15, 0.2) is 17.5 Å². The number of hydrogen-bond acceptors (Lipinski definition) is 4. The number of guanidine groups is 1. The fourth-order valence-corrected chi connectivity index (χ4v) is 3.00. The summed E-state index contributed by atoms with van der Waals surface area (Å²) in [6.45, 7) is 4.82. The Labute approximate surface area is 198 Å². The zero-order valence-electron chi connectivity index (χ0n) is 18.0. The number of methoxy groups -OCH3 is 2. The summed E-state index contributed by atoms with van der Waals surface area (Å²) in [5, 5.41) is 6.41. The Morgan fingerprint density at radius 2 is 1.90 bits per heavy atom. The number of nitrogens with zero attached hydrogens (tertiary/aromatic N) is 3. The van der Waals surface area contributed by atoms with Crippen molar-refractivity contribution in [2.24, 2.45) is 4.99 Å². The Morgan fingerprint density at radius 3 is 2.52 bits per heavy atom. The molecule has 2 N–H and O–H groups in total. The molecule has 0 saturated heterocycles. The normalized spacial score (nSPS) is 10.9. The van der Waals surface area contributed by atoms with Crippen molar-refractivity contribution >= 4 is 35.6 Å². The van der Waals surface area contributed by atoms with Crippen LogP contribution in [0.15, 0.2) is 53.8 Å². The number of nitrogens with one attached hydrogen (secondary N) is 2. The van der Waals surface area contributed by atoms with Crippen molar-refractivity contribution in [3.05, 3.63) is 66.0 Å². The van der Waals surface area contributed by atoms with Crippen LogP contribution in [0, 0.1) is 12.7 Å². The van der Waals surface area contributed by atoms with Crippen LogP contribution in [-0.4, -0.2) is 36.3 Å². The number of rotatable bonds is 7. The molecule has 31 heavy (non-hydrogen) atoms. The molecular formula is C22H27FIN5O2. The monoisotopic (exact) mass is 539 g/mol. The summed E-state index contributed by atoms with van der Waals surface area (Å²) >= 11 is 0. The summed E-state index contributed by atoms with van der Waals surface area (Å²) < 4.78 is 26.9. The van der Waals surface area contributed by atoms with Crippen molar-refractivity contribution in [3.63, 3.8) is 0 Å². The highest BCUT2D eigenvalue weighted by Gasteiger charge is 2.09. The Bertz CT molecular complexity index is 1040. The highest BCUT2D eigenvalue weighted by molar-refractivity contribution is 14.0. The van der Waals surface area contributed by atoms with E-state index in [4.69, 9.17) is 9.47 Å². The third-order valence-corrected chi connectivity index (χ3v) is 4.51. The molecule has 0 spiro atoms. The number of hydrogen-bond donors (Lipinski definition) is 2. The summed E-state index contributed by atoms with van der Waals surface area (Å²) in [5.74, 6) is 2.26. The average molecular weight is 539 g/mol. The lowest BCUT2D eigenvalue weighted by Gasteiger charge is -2.14. The van der Waals surface area contributed by atoms with Crippen LogP contribution < -0.4 is 20.1 Å². The van der Waals surface area contributed by atoms with Crippen molar-refractivity contribution in [2.75, 3.05) is 26.1 Å². The van der Waals surface area contributed by atoms with Crippen LogP contribution in [0.25, 0.3) is 5.69 Å². The largest absolute Gasteiger partial charge is 0.493 e. The average Bonchev–Trinajstić information content (AvgIpc) is 3.17.